The predicted octanol–water partition coefficient (Wildman–Crippen LogP) is 1.54. The van der Waals surface area contributed by atoms with Crippen LogP contribution in [-0.2, 0) is 35.4 Å². The largest absolute Gasteiger partial charge is 0.455 e. The van der Waals surface area contributed by atoms with Crippen molar-refractivity contribution in [3.63, 3.8) is 0 Å². The van der Waals surface area contributed by atoms with E-state index in [1.165, 1.54) is 6.92 Å². The van der Waals surface area contributed by atoms with Gasteiger partial charge in [-0.2, -0.15) is 0 Å². The number of nitrogens with one attached hydrogen (secondary N) is 1. The van der Waals surface area contributed by atoms with Crippen LogP contribution >= 0.6 is 0 Å². The molecular formula is C20H28N2O6S. The second-order valence-corrected chi connectivity index (χ2v) is 9.56. The summed E-state index contributed by atoms with van der Waals surface area (Å²) in [7, 11) is -3.13. The topological polar surface area (TPSA) is 110 Å². The van der Waals surface area contributed by atoms with E-state index in [-0.39, 0.29) is 41.8 Å². The third-order valence-electron chi connectivity index (χ3n) is 4.93. The summed E-state index contributed by atoms with van der Waals surface area (Å²) in [6.07, 6.45) is 1.08. The Kier molecular flexibility index (Phi) is 7.78. The molecule has 0 unspecified atom stereocenters. The molecule has 1 N–H and O–H groups in total. The number of ether oxygens (including phenoxy) is 1. The van der Waals surface area contributed by atoms with E-state index in [2.05, 4.69) is 5.32 Å². The minimum absolute atomic E-state index is 0.00519. The molecule has 1 saturated heterocycles. The van der Waals surface area contributed by atoms with Gasteiger partial charge in [0, 0.05) is 24.7 Å². The molecule has 2 rings (SSSR count). The Balaban J connectivity index is 1.91. The van der Waals surface area contributed by atoms with Gasteiger partial charge in [0.15, 0.2) is 16.4 Å². The van der Waals surface area contributed by atoms with Gasteiger partial charge in [-0.25, -0.2) is 8.42 Å². The lowest BCUT2D eigenvalue weighted by molar-refractivity contribution is -0.153. The second-order valence-electron chi connectivity index (χ2n) is 7.33. The van der Waals surface area contributed by atoms with Crippen LogP contribution < -0.4 is 5.32 Å². The van der Waals surface area contributed by atoms with E-state index in [0.717, 1.165) is 0 Å². The molecular weight excluding hydrogens is 396 g/mol. The lowest BCUT2D eigenvalue weighted by Gasteiger charge is -2.33. The number of benzene rings is 1. The van der Waals surface area contributed by atoms with Gasteiger partial charge in [0.2, 0.25) is 5.91 Å². The summed E-state index contributed by atoms with van der Waals surface area (Å²) in [6.45, 7) is 4.78. The summed E-state index contributed by atoms with van der Waals surface area (Å²) in [6, 6.07) is 6.25. The van der Waals surface area contributed by atoms with E-state index in [1.807, 2.05) is 13.8 Å². The molecule has 160 valence electrons. The van der Waals surface area contributed by atoms with Crippen LogP contribution in [0.4, 0.5) is 5.69 Å². The zero-order valence-corrected chi connectivity index (χ0v) is 17.8. The lowest BCUT2D eigenvalue weighted by atomic mass is 10.1. The summed E-state index contributed by atoms with van der Waals surface area (Å²) in [5.74, 6) is -1.08. The summed E-state index contributed by atoms with van der Waals surface area (Å²) in [5.41, 5.74) is 1.32. The minimum atomic E-state index is -3.13. The fourth-order valence-corrected chi connectivity index (χ4v) is 5.06. The first-order valence-corrected chi connectivity index (χ1v) is 11.5. The number of carbonyl (C=O) groups is 3. The molecule has 9 heteroatoms. The van der Waals surface area contributed by atoms with Gasteiger partial charge < -0.3 is 15.0 Å². The predicted molar refractivity (Wildman–Crippen MR) is 109 cm³/mol. The van der Waals surface area contributed by atoms with Crippen molar-refractivity contribution in [2.75, 3.05) is 23.4 Å². The highest BCUT2D eigenvalue weighted by atomic mass is 32.2. The highest BCUT2D eigenvalue weighted by Crippen LogP contribution is 2.21. The SMILES string of the molecule is CC[C@H](C)N(C(=O)COC(=O)Cc1ccc(NC(C)=O)cc1)[C@H]1CCS(=O)(=O)C1. The Labute approximate surface area is 171 Å². The summed E-state index contributed by atoms with van der Waals surface area (Å²) in [4.78, 5) is 37.3. The van der Waals surface area contributed by atoms with Crippen LogP contribution in [0.5, 0.6) is 0 Å². The van der Waals surface area contributed by atoms with Gasteiger partial charge in [-0.05, 0) is 37.5 Å². The molecule has 0 aromatic heterocycles. The molecule has 1 aliphatic rings. The Hall–Kier alpha value is -2.42. The van der Waals surface area contributed by atoms with Crippen LogP contribution in [0.1, 0.15) is 39.2 Å². The quantitative estimate of drug-likeness (QED) is 0.634. The summed E-state index contributed by atoms with van der Waals surface area (Å²) in [5, 5.41) is 2.64. The number of anilines is 1. The fourth-order valence-electron chi connectivity index (χ4n) is 3.34. The smallest absolute Gasteiger partial charge is 0.310 e. The van der Waals surface area contributed by atoms with Crippen molar-refractivity contribution in [3.05, 3.63) is 29.8 Å². The van der Waals surface area contributed by atoms with E-state index in [0.29, 0.717) is 24.1 Å². The number of hydrogen-bond donors (Lipinski definition) is 1. The molecule has 0 spiro atoms. The van der Waals surface area contributed by atoms with E-state index in [1.54, 1.807) is 29.2 Å². The third kappa shape index (κ3) is 6.85. The number of amides is 2. The van der Waals surface area contributed by atoms with E-state index in [9.17, 15) is 22.8 Å². The molecule has 1 aliphatic heterocycles. The van der Waals surface area contributed by atoms with Crippen LogP contribution in [0.3, 0.4) is 0 Å². The minimum Gasteiger partial charge on any atom is -0.455 e. The van der Waals surface area contributed by atoms with Crippen molar-refractivity contribution in [1.29, 1.82) is 0 Å². The normalized spacial score (nSPS) is 18.7. The zero-order valence-electron chi connectivity index (χ0n) is 17.0. The van der Waals surface area contributed by atoms with Gasteiger partial charge in [-0.15, -0.1) is 0 Å². The van der Waals surface area contributed by atoms with Crippen molar-refractivity contribution in [1.82, 2.24) is 4.90 Å². The third-order valence-corrected chi connectivity index (χ3v) is 6.69. The molecule has 0 aliphatic carbocycles. The Bertz CT molecular complexity index is 850. The van der Waals surface area contributed by atoms with E-state index < -0.39 is 22.4 Å². The van der Waals surface area contributed by atoms with Crippen molar-refractivity contribution < 1.29 is 27.5 Å². The molecule has 8 nitrogen and oxygen atoms in total. The molecule has 1 fully saturated rings. The number of nitrogens with zero attached hydrogens (tertiary/aromatic N) is 1. The van der Waals surface area contributed by atoms with Gasteiger partial charge in [0.25, 0.3) is 5.91 Å². The number of sulfone groups is 1. The standard InChI is InChI=1S/C20H28N2O6S/c1-4-14(2)22(18-9-10-29(26,27)13-18)19(24)12-28-20(25)11-16-5-7-17(8-6-16)21-15(3)23/h5-8,14,18H,4,9-13H2,1-3H3,(H,21,23)/t14-,18-/m0/s1. The zero-order chi connectivity index (χ0) is 21.6. The van der Waals surface area contributed by atoms with Crippen molar-refractivity contribution >= 4 is 33.3 Å². The van der Waals surface area contributed by atoms with E-state index in [4.69, 9.17) is 4.74 Å². The Morgan fingerprint density at radius 2 is 1.90 bits per heavy atom. The lowest BCUT2D eigenvalue weighted by Crippen LogP contribution is -2.48. The van der Waals surface area contributed by atoms with Crippen LogP contribution in [0, 0.1) is 0 Å². The average molecular weight is 425 g/mol. The van der Waals surface area contributed by atoms with Crippen LogP contribution in [-0.4, -0.2) is 61.3 Å². The molecule has 2 atom stereocenters. The molecule has 0 saturated carbocycles. The molecule has 0 radical (unpaired) electrons. The number of rotatable bonds is 8. The van der Waals surface area contributed by atoms with Gasteiger partial charge in [0.1, 0.15) is 0 Å². The van der Waals surface area contributed by atoms with Gasteiger partial charge in [-0.3, -0.25) is 14.4 Å². The maximum absolute atomic E-state index is 12.7. The maximum atomic E-state index is 12.7. The summed E-state index contributed by atoms with van der Waals surface area (Å²) < 4.78 is 28.7. The van der Waals surface area contributed by atoms with Crippen molar-refractivity contribution in [2.45, 2.75) is 52.1 Å². The molecule has 1 aromatic carbocycles. The Morgan fingerprint density at radius 3 is 2.41 bits per heavy atom. The molecule has 1 aromatic rings. The maximum Gasteiger partial charge on any atom is 0.310 e. The molecule has 0 bridgehead atoms. The first-order chi connectivity index (χ1) is 13.6. The molecule has 2 amide bonds. The second kappa shape index (κ2) is 9.87. The Morgan fingerprint density at radius 1 is 1.24 bits per heavy atom. The highest BCUT2D eigenvalue weighted by Gasteiger charge is 2.36. The van der Waals surface area contributed by atoms with Crippen LogP contribution in [0.15, 0.2) is 24.3 Å². The van der Waals surface area contributed by atoms with Crippen LogP contribution in [0.25, 0.3) is 0 Å². The molecule has 1 heterocycles. The highest BCUT2D eigenvalue weighted by molar-refractivity contribution is 7.91. The van der Waals surface area contributed by atoms with Gasteiger partial charge in [-0.1, -0.05) is 19.1 Å². The van der Waals surface area contributed by atoms with Crippen LogP contribution in [0.2, 0.25) is 0 Å². The van der Waals surface area contributed by atoms with Crippen molar-refractivity contribution in [3.8, 4) is 0 Å². The first-order valence-electron chi connectivity index (χ1n) is 9.65. The number of esters is 1. The van der Waals surface area contributed by atoms with Crippen molar-refractivity contribution in [2.24, 2.45) is 0 Å². The van der Waals surface area contributed by atoms with Gasteiger partial charge >= 0.3 is 5.97 Å². The molecule has 29 heavy (non-hydrogen) atoms. The number of carbonyl (C=O) groups excluding carboxylic acids is 3. The van der Waals surface area contributed by atoms with Gasteiger partial charge in [0.05, 0.1) is 17.9 Å². The monoisotopic (exact) mass is 424 g/mol. The summed E-state index contributed by atoms with van der Waals surface area (Å²) >= 11 is 0. The number of hydrogen-bond acceptors (Lipinski definition) is 6. The van der Waals surface area contributed by atoms with E-state index >= 15 is 0 Å². The first kappa shape index (κ1) is 22.9. The fraction of sp³-hybridized carbons (Fsp3) is 0.550. The average Bonchev–Trinajstić information content (AvgIpc) is 3.00.